The van der Waals surface area contributed by atoms with E-state index in [1.54, 1.807) is 5.57 Å². The number of hydrogen-bond donors (Lipinski definition) is 0. The molecule has 0 fully saturated rings. The van der Waals surface area contributed by atoms with Crippen molar-refractivity contribution in [2.75, 3.05) is 0 Å². The summed E-state index contributed by atoms with van der Waals surface area (Å²) in [6.45, 7) is 14.4. The molecule has 28 heavy (non-hydrogen) atoms. The average Bonchev–Trinajstić information content (AvgIpc) is 3.24. The van der Waals surface area contributed by atoms with E-state index in [1.165, 1.54) is 22.3 Å². The average molecular weight is 371 g/mol. The molecule has 2 aliphatic rings. The van der Waals surface area contributed by atoms with Crippen molar-refractivity contribution in [2.45, 2.75) is 47.5 Å². The maximum Gasteiger partial charge on any atom is 0.0161 e. The minimum atomic E-state index is 0.124. The Bertz CT molecular complexity index is 869. The highest BCUT2D eigenvalue weighted by atomic mass is 14.5. The van der Waals surface area contributed by atoms with E-state index in [1.807, 2.05) is 0 Å². The first-order valence-corrected chi connectivity index (χ1v) is 10.9. The second-order valence-corrected chi connectivity index (χ2v) is 9.99. The molecule has 0 aromatic heterocycles. The molecule has 1 unspecified atom stereocenters. The molecule has 0 N–H and O–H groups in total. The summed E-state index contributed by atoms with van der Waals surface area (Å²) >= 11 is 0. The Morgan fingerprint density at radius 2 is 1.25 bits per heavy atom. The van der Waals surface area contributed by atoms with Gasteiger partial charge >= 0.3 is 0 Å². The van der Waals surface area contributed by atoms with E-state index < -0.39 is 0 Å². The summed E-state index contributed by atoms with van der Waals surface area (Å²) in [6.07, 6.45) is 7.47. The first-order valence-electron chi connectivity index (χ1n) is 10.9. The van der Waals surface area contributed by atoms with Gasteiger partial charge in [-0.1, -0.05) is 108 Å². The summed E-state index contributed by atoms with van der Waals surface area (Å²) in [5, 5.41) is 0. The molecule has 0 spiro atoms. The standard InChI is InChI=1S/C28H34/c1-18(2)26(19(3)4)20-15-16-21(17-20)28(5,6)27-24-13-9-7-11-22(24)23-12-8-10-14-25(23)27/h7-19,21,26-27H,1-6H3. The molecule has 4 rings (SSSR count). The van der Waals surface area contributed by atoms with Gasteiger partial charge in [0.2, 0.25) is 0 Å². The highest BCUT2D eigenvalue weighted by molar-refractivity contribution is 5.79. The van der Waals surface area contributed by atoms with Crippen LogP contribution in [0.2, 0.25) is 0 Å². The van der Waals surface area contributed by atoms with Crippen LogP contribution in [0.5, 0.6) is 0 Å². The van der Waals surface area contributed by atoms with Gasteiger partial charge in [-0.15, -0.1) is 0 Å². The molecule has 0 heteroatoms. The van der Waals surface area contributed by atoms with E-state index in [4.69, 9.17) is 0 Å². The first kappa shape index (κ1) is 19.2. The molecule has 0 radical (unpaired) electrons. The molecule has 2 aromatic rings. The highest BCUT2D eigenvalue weighted by Gasteiger charge is 2.43. The molecule has 0 bridgehead atoms. The van der Waals surface area contributed by atoms with Crippen molar-refractivity contribution in [3.63, 3.8) is 0 Å². The van der Waals surface area contributed by atoms with Crippen LogP contribution >= 0.6 is 0 Å². The fourth-order valence-electron chi connectivity index (χ4n) is 5.91. The van der Waals surface area contributed by atoms with Crippen LogP contribution in [0.25, 0.3) is 11.1 Å². The number of hydrogen-bond acceptors (Lipinski definition) is 0. The first-order chi connectivity index (χ1) is 13.3. The predicted octanol–water partition coefficient (Wildman–Crippen LogP) is 7.87. The van der Waals surface area contributed by atoms with Crippen LogP contribution in [0.4, 0.5) is 0 Å². The predicted molar refractivity (Wildman–Crippen MR) is 121 cm³/mol. The van der Waals surface area contributed by atoms with Gasteiger partial charge < -0.3 is 0 Å². The zero-order chi connectivity index (χ0) is 20.1. The quantitative estimate of drug-likeness (QED) is 0.502. The van der Waals surface area contributed by atoms with Gasteiger partial charge in [-0.3, -0.25) is 0 Å². The lowest BCUT2D eigenvalue weighted by Gasteiger charge is -2.37. The topological polar surface area (TPSA) is 0 Å². The smallest absolute Gasteiger partial charge is 0.0161 e. The third kappa shape index (κ3) is 2.98. The Hall–Kier alpha value is -2.08. The molecule has 2 aromatic carbocycles. The van der Waals surface area contributed by atoms with Crippen molar-refractivity contribution in [3.8, 4) is 11.1 Å². The molecule has 0 saturated heterocycles. The molecule has 0 nitrogen and oxygen atoms in total. The number of allylic oxidation sites excluding steroid dienone is 4. The minimum absolute atomic E-state index is 0.124. The van der Waals surface area contributed by atoms with Crippen LogP contribution in [0.15, 0.2) is 72.3 Å². The highest BCUT2D eigenvalue weighted by Crippen LogP contribution is 2.56. The third-order valence-corrected chi connectivity index (χ3v) is 7.13. The van der Waals surface area contributed by atoms with Crippen molar-refractivity contribution in [1.29, 1.82) is 0 Å². The molecule has 0 amide bonds. The van der Waals surface area contributed by atoms with Gasteiger partial charge in [0.15, 0.2) is 0 Å². The van der Waals surface area contributed by atoms with Gasteiger partial charge in [0, 0.05) is 11.8 Å². The molecule has 2 aliphatic carbocycles. The lowest BCUT2D eigenvalue weighted by atomic mass is 9.66. The van der Waals surface area contributed by atoms with Gasteiger partial charge in [-0.2, -0.15) is 0 Å². The lowest BCUT2D eigenvalue weighted by molar-refractivity contribution is 0.265. The largest absolute Gasteiger partial charge is 0.0768 e. The van der Waals surface area contributed by atoms with Gasteiger partial charge in [0.25, 0.3) is 0 Å². The van der Waals surface area contributed by atoms with Gasteiger partial charge in [-0.05, 0) is 51.0 Å². The zero-order valence-corrected chi connectivity index (χ0v) is 18.2. The zero-order valence-electron chi connectivity index (χ0n) is 18.2. The maximum atomic E-state index is 2.58. The normalized spacial score (nSPS) is 18.9. The van der Waals surface area contributed by atoms with Crippen LogP contribution in [-0.4, -0.2) is 0 Å². The van der Waals surface area contributed by atoms with E-state index in [0.717, 1.165) is 0 Å². The van der Waals surface area contributed by atoms with Gasteiger partial charge in [-0.25, -0.2) is 0 Å². The summed E-state index contributed by atoms with van der Waals surface area (Å²) < 4.78 is 0. The van der Waals surface area contributed by atoms with Crippen molar-refractivity contribution >= 4 is 0 Å². The summed E-state index contributed by atoms with van der Waals surface area (Å²) in [7, 11) is 0. The Labute approximate surface area is 171 Å². The number of benzene rings is 2. The molecule has 0 heterocycles. The van der Waals surface area contributed by atoms with Crippen LogP contribution in [0, 0.1) is 29.1 Å². The minimum Gasteiger partial charge on any atom is -0.0768 e. The fraction of sp³-hybridized carbons (Fsp3) is 0.429. The maximum absolute atomic E-state index is 2.58. The molecule has 0 saturated carbocycles. The van der Waals surface area contributed by atoms with Crippen LogP contribution in [-0.2, 0) is 0 Å². The molecular formula is C28H34. The SMILES string of the molecule is CC(C)C(C1=CC(C(C)(C)C2c3ccccc3-c3ccccc32)C=C1)C(C)C. The third-order valence-electron chi connectivity index (χ3n) is 7.13. The number of rotatable bonds is 5. The fourth-order valence-corrected chi connectivity index (χ4v) is 5.91. The van der Waals surface area contributed by atoms with Crippen molar-refractivity contribution in [2.24, 2.45) is 29.1 Å². The molecule has 1 atom stereocenters. The van der Waals surface area contributed by atoms with Crippen molar-refractivity contribution < 1.29 is 0 Å². The Morgan fingerprint density at radius 3 is 1.75 bits per heavy atom. The Morgan fingerprint density at radius 1 is 0.750 bits per heavy atom. The van der Waals surface area contributed by atoms with E-state index in [2.05, 4.69) is 108 Å². The molecule has 0 aliphatic heterocycles. The summed E-state index contributed by atoms with van der Waals surface area (Å²) in [4.78, 5) is 0. The summed E-state index contributed by atoms with van der Waals surface area (Å²) in [5.74, 6) is 2.88. The van der Waals surface area contributed by atoms with E-state index in [0.29, 0.717) is 29.6 Å². The molecular weight excluding hydrogens is 336 g/mol. The molecule has 146 valence electrons. The Balaban J connectivity index is 1.75. The van der Waals surface area contributed by atoms with Crippen LogP contribution in [0.1, 0.15) is 58.6 Å². The van der Waals surface area contributed by atoms with E-state index in [-0.39, 0.29) is 5.41 Å². The van der Waals surface area contributed by atoms with Gasteiger partial charge in [0.1, 0.15) is 0 Å². The monoisotopic (exact) mass is 370 g/mol. The second kappa shape index (κ2) is 7.07. The Kier molecular flexibility index (Phi) is 4.86. The summed E-state index contributed by atoms with van der Waals surface area (Å²) in [6, 6.07) is 18.0. The van der Waals surface area contributed by atoms with Crippen molar-refractivity contribution in [3.05, 3.63) is 83.5 Å². The van der Waals surface area contributed by atoms with E-state index in [9.17, 15) is 0 Å². The van der Waals surface area contributed by atoms with Crippen LogP contribution in [0.3, 0.4) is 0 Å². The summed E-state index contributed by atoms with van der Waals surface area (Å²) in [5.41, 5.74) is 7.50. The second-order valence-electron chi connectivity index (χ2n) is 9.99. The van der Waals surface area contributed by atoms with Gasteiger partial charge in [0.05, 0.1) is 0 Å². The van der Waals surface area contributed by atoms with E-state index >= 15 is 0 Å². The lowest BCUT2D eigenvalue weighted by Crippen LogP contribution is -2.28. The van der Waals surface area contributed by atoms with Crippen molar-refractivity contribution in [1.82, 2.24) is 0 Å². The van der Waals surface area contributed by atoms with Crippen LogP contribution < -0.4 is 0 Å². The number of fused-ring (bicyclic) bond motifs is 3.